The van der Waals surface area contributed by atoms with Gasteiger partial charge in [-0.05, 0) is 26.3 Å². The van der Waals surface area contributed by atoms with Gasteiger partial charge in [-0.15, -0.1) is 0 Å². The number of nitrogens with zero attached hydrogens (tertiary/aromatic N) is 2. The first-order valence-corrected chi connectivity index (χ1v) is 5.70. The SMILES string of the molecule is C/C=C/CCNCc1cnn(CCC)c1. The minimum absolute atomic E-state index is 0.918. The lowest BCUT2D eigenvalue weighted by Gasteiger charge is -1.99. The zero-order valence-corrected chi connectivity index (χ0v) is 9.74. The minimum atomic E-state index is 0.918. The van der Waals surface area contributed by atoms with Gasteiger partial charge in [0.2, 0.25) is 0 Å². The molecule has 0 aromatic carbocycles. The molecule has 1 N–H and O–H groups in total. The Morgan fingerprint density at radius 1 is 1.53 bits per heavy atom. The Morgan fingerprint density at radius 3 is 3.13 bits per heavy atom. The molecule has 3 nitrogen and oxygen atoms in total. The Morgan fingerprint density at radius 2 is 2.40 bits per heavy atom. The summed E-state index contributed by atoms with van der Waals surface area (Å²) in [7, 11) is 0. The van der Waals surface area contributed by atoms with Crippen molar-refractivity contribution in [3.8, 4) is 0 Å². The van der Waals surface area contributed by atoms with Crippen LogP contribution in [-0.2, 0) is 13.1 Å². The van der Waals surface area contributed by atoms with Crippen LogP contribution in [0.4, 0.5) is 0 Å². The molecule has 0 bridgehead atoms. The molecule has 0 amide bonds. The molecule has 0 saturated heterocycles. The van der Waals surface area contributed by atoms with Gasteiger partial charge < -0.3 is 5.32 Å². The predicted octanol–water partition coefficient (Wildman–Crippen LogP) is 2.35. The third kappa shape index (κ3) is 4.79. The predicted molar refractivity (Wildman–Crippen MR) is 63.7 cm³/mol. The fourth-order valence-corrected chi connectivity index (χ4v) is 1.43. The van der Waals surface area contributed by atoms with Crippen molar-refractivity contribution in [3.05, 3.63) is 30.1 Å². The van der Waals surface area contributed by atoms with Gasteiger partial charge >= 0.3 is 0 Å². The third-order valence-corrected chi connectivity index (χ3v) is 2.19. The summed E-state index contributed by atoms with van der Waals surface area (Å²) in [6.07, 6.45) is 10.5. The Balaban J connectivity index is 2.19. The van der Waals surface area contributed by atoms with Gasteiger partial charge in [0.1, 0.15) is 0 Å². The highest BCUT2D eigenvalue weighted by molar-refractivity contribution is 5.03. The standard InChI is InChI=1S/C12H21N3/c1-3-5-6-7-13-9-12-10-14-15(11-12)8-4-2/h3,5,10-11,13H,4,6-9H2,1-2H3/b5-3+. The minimum Gasteiger partial charge on any atom is -0.312 e. The highest BCUT2D eigenvalue weighted by Crippen LogP contribution is 1.98. The topological polar surface area (TPSA) is 29.9 Å². The lowest BCUT2D eigenvalue weighted by Crippen LogP contribution is -2.13. The molecule has 0 fully saturated rings. The van der Waals surface area contributed by atoms with E-state index in [4.69, 9.17) is 0 Å². The van der Waals surface area contributed by atoms with Crippen molar-refractivity contribution in [1.82, 2.24) is 15.1 Å². The molecule has 0 aliphatic rings. The molecule has 0 spiro atoms. The number of aromatic nitrogens is 2. The molecule has 84 valence electrons. The fraction of sp³-hybridized carbons (Fsp3) is 0.583. The van der Waals surface area contributed by atoms with Crippen molar-refractivity contribution in [2.75, 3.05) is 6.54 Å². The number of rotatable bonds is 7. The van der Waals surface area contributed by atoms with Crippen LogP contribution in [0.15, 0.2) is 24.5 Å². The normalized spacial score (nSPS) is 11.3. The van der Waals surface area contributed by atoms with E-state index in [2.05, 4.69) is 42.6 Å². The lowest BCUT2D eigenvalue weighted by molar-refractivity contribution is 0.601. The van der Waals surface area contributed by atoms with Crippen LogP contribution < -0.4 is 5.32 Å². The van der Waals surface area contributed by atoms with E-state index in [-0.39, 0.29) is 0 Å². The molecule has 0 aliphatic carbocycles. The average Bonchev–Trinajstić information content (AvgIpc) is 2.66. The summed E-state index contributed by atoms with van der Waals surface area (Å²) in [6, 6.07) is 0. The molecular weight excluding hydrogens is 186 g/mol. The molecule has 0 saturated carbocycles. The van der Waals surface area contributed by atoms with Crippen LogP contribution >= 0.6 is 0 Å². The van der Waals surface area contributed by atoms with Crippen LogP contribution in [0.25, 0.3) is 0 Å². The highest BCUT2D eigenvalue weighted by Gasteiger charge is 1.96. The van der Waals surface area contributed by atoms with Crippen LogP contribution in [-0.4, -0.2) is 16.3 Å². The van der Waals surface area contributed by atoms with E-state index in [0.29, 0.717) is 0 Å². The van der Waals surface area contributed by atoms with E-state index < -0.39 is 0 Å². The average molecular weight is 207 g/mol. The number of hydrogen-bond acceptors (Lipinski definition) is 2. The summed E-state index contributed by atoms with van der Waals surface area (Å²) in [6.45, 7) is 7.18. The highest BCUT2D eigenvalue weighted by atomic mass is 15.3. The van der Waals surface area contributed by atoms with Crippen molar-refractivity contribution in [2.45, 2.75) is 39.8 Å². The smallest absolute Gasteiger partial charge is 0.0534 e. The van der Waals surface area contributed by atoms with Crippen molar-refractivity contribution < 1.29 is 0 Å². The zero-order valence-electron chi connectivity index (χ0n) is 9.74. The van der Waals surface area contributed by atoms with Crippen molar-refractivity contribution in [3.63, 3.8) is 0 Å². The first kappa shape index (κ1) is 12.0. The maximum Gasteiger partial charge on any atom is 0.0534 e. The first-order chi connectivity index (χ1) is 7.36. The Hall–Kier alpha value is -1.09. The molecule has 3 heteroatoms. The first-order valence-electron chi connectivity index (χ1n) is 5.70. The van der Waals surface area contributed by atoms with Crippen molar-refractivity contribution in [2.24, 2.45) is 0 Å². The molecule has 1 rings (SSSR count). The van der Waals surface area contributed by atoms with Gasteiger partial charge in [-0.2, -0.15) is 5.10 Å². The van der Waals surface area contributed by atoms with Crippen molar-refractivity contribution >= 4 is 0 Å². The van der Waals surface area contributed by atoms with Crippen LogP contribution in [0.3, 0.4) is 0 Å². The fourth-order valence-electron chi connectivity index (χ4n) is 1.43. The van der Waals surface area contributed by atoms with Gasteiger partial charge in [-0.25, -0.2) is 0 Å². The number of hydrogen-bond donors (Lipinski definition) is 1. The molecule has 0 radical (unpaired) electrons. The van der Waals surface area contributed by atoms with Crippen LogP contribution in [0.2, 0.25) is 0 Å². The molecule has 1 aromatic rings. The largest absolute Gasteiger partial charge is 0.312 e. The second kappa shape index (κ2) is 7.23. The Kier molecular flexibility index (Phi) is 5.78. The number of allylic oxidation sites excluding steroid dienone is 1. The van der Waals surface area contributed by atoms with Gasteiger partial charge in [0.15, 0.2) is 0 Å². The molecule has 15 heavy (non-hydrogen) atoms. The second-order valence-electron chi connectivity index (χ2n) is 3.65. The summed E-state index contributed by atoms with van der Waals surface area (Å²) in [5, 5.41) is 7.67. The van der Waals surface area contributed by atoms with E-state index in [0.717, 1.165) is 32.5 Å². The van der Waals surface area contributed by atoms with Gasteiger partial charge in [0.25, 0.3) is 0 Å². The molecule has 1 aromatic heterocycles. The van der Waals surface area contributed by atoms with Crippen molar-refractivity contribution in [1.29, 1.82) is 0 Å². The summed E-state index contributed by atoms with van der Waals surface area (Å²) in [5.41, 5.74) is 1.27. The zero-order chi connectivity index (χ0) is 10.9. The van der Waals surface area contributed by atoms with Crippen LogP contribution in [0.1, 0.15) is 32.3 Å². The molecular formula is C12H21N3. The summed E-state index contributed by atoms with van der Waals surface area (Å²) < 4.78 is 2.00. The lowest BCUT2D eigenvalue weighted by atomic mass is 10.3. The van der Waals surface area contributed by atoms with E-state index in [1.165, 1.54) is 5.56 Å². The Bertz CT molecular complexity index is 289. The van der Waals surface area contributed by atoms with E-state index >= 15 is 0 Å². The monoisotopic (exact) mass is 207 g/mol. The van der Waals surface area contributed by atoms with Crippen LogP contribution in [0.5, 0.6) is 0 Å². The van der Waals surface area contributed by atoms with E-state index in [1.54, 1.807) is 0 Å². The molecule has 0 atom stereocenters. The third-order valence-electron chi connectivity index (χ3n) is 2.19. The van der Waals surface area contributed by atoms with Crippen LogP contribution in [0, 0.1) is 0 Å². The Labute approximate surface area is 92.2 Å². The summed E-state index contributed by atoms with van der Waals surface area (Å²) >= 11 is 0. The number of nitrogens with one attached hydrogen (secondary N) is 1. The molecule has 0 unspecified atom stereocenters. The maximum atomic E-state index is 4.28. The van der Waals surface area contributed by atoms with E-state index in [1.807, 2.05) is 10.9 Å². The second-order valence-corrected chi connectivity index (χ2v) is 3.65. The van der Waals surface area contributed by atoms with Gasteiger partial charge in [0.05, 0.1) is 6.20 Å². The molecule has 0 aliphatic heterocycles. The molecule has 1 heterocycles. The quantitative estimate of drug-likeness (QED) is 0.549. The maximum absolute atomic E-state index is 4.28. The summed E-state index contributed by atoms with van der Waals surface area (Å²) in [4.78, 5) is 0. The van der Waals surface area contributed by atoms with Gasteiger partial charge in [0, 0.05) is 24.8 Å². The van der Waals surface area contributed by atoms with Gasteiger partial charge in [-0.1, -0.05) is 19.1 Å². The summed E-state index contributed by atoms with van der Waals surface area (Å²) in [5.74, 6) is 0. The van der Waals surface area contributed by atoms with Gasteiger partial charge in [-0.3, -0.25) is 4.68 Å². The number of aryl methyl sites for hydroxylation is 1. The van der Waals surface area contributed by atoms with E-state index in [9.17, 15) is 0 Å².